The van der Waals surface area contributed by atoms with Crippen LogP contribution in [0, 0.1) is 23.6 Å². The smallest absolute Gasteiger partial charge is 0.258 e. The minimum atomic E-state index is -0.591. The number of carbonyl (C=O) groups excluding carboxylic acids is 2. The van der Waals surface area contributed by atoms with E-state index in [0.717, 1.165) is 38.3 Å². The molecule has 1 aliphatic heterocycles. The van der Waals surface area contributed by atoms with Gasteiger partial charge in [0.15, 0.2) is 6.61 Å². The molecule has 2 bridgehead atoms. The number of piperidine rings is 1. The molecule has 0 radical (unpaired) electrons. The predicted octanol–water partition coefficient (Wildman–Crippen LogP) is 2.23. The molecule has 2 amide bonds. The Morgan fingerprint density at radius 3 is 2.77 bits per heavy atom. The van der Waals surface area contributed by atoms with Crippen molar-refractivity contribution in [2.24, 2.45) is 17.8 Å². The van der Waals surface area contributed by atoms with E-state index in [9.17, 15) is 14.0 Å². The van der Waals surface area contributed by atoms with Crippen LogP contribution in [0.1, 0.15) is 32.1 Å². The third-order valence-electron chi connectivity index (χ3n) is 6.81. The Balaban J connectivity index is 1.19. The van der Waals surface area contributed by atoms with E-state index in [1.54, 1.807) is 7.11 Å². The summed E-state index contributed by atoms with van der Waals surface area (Å²) in [5.41, 5.74) is -0.323. The Morgan fingerprint density at radius 1 is 1.29 bits per heavy atom. The third-order valence-corrected chi connectivity index (χ3v) is 7.12. The van der Waals surface area contributed by atoms with Crippen LogP contribution in [-0.2, 0) is 14.3 Å². The fraction of sp³-hybridized carbons (Fsp3) is 0.636. The molecule has 3 atom stereocenters. The van der Waals surface area contributed by atoms with Crippen LogP contribution in [0.3, 0.4) is 0 Å². The lowest BCUT2D eigenvalue weighted by Gasteiger charge is -2.39. The molecule has 4 fully saturated rings. The maximum absolute atomic E-state index is 13.5. The van der Waals surface area contributed by atoms with E-state index in [0.29, 0.717) is 24.8 Å². The van der Waals surface area contributed by atoms with Gasteiger partial charge in [-0.3, -0.25) is 14.9 Å². The van der Waals surface area contributed by atoms with Crippen LogP contribution in [0.4, 0.5) is 4.39 Å². The zero-order valence-corrected chi connectivity index (χ0v) is 18.3. The molecule has 1 saturated heterocycles. The number of fused-ring (bicyclic) bond motifs is 1. The summed E-state index contributed by atoms with van der Waals surface area (Å²) >= 11 is 5.65. The molecule has 3 aliphatic carbocycles. The molecule has 170 valence electrons. The molecule has 31 heavy (non-hydrogen) atoms. The Bertz CT molecular complexity index is 825. The normalized spacial score (nSPS) is 31.6. The van der Waals surface area contributed by atoms with Crippen molar-refractivity contribution in [3.63, 3.8) is 0 Å². The van der Waals surface area contributed by atoms with Crippen LogP contribution >= 0.6 is 11.6 Å². The molecule has 7 nitrogen and oxygen atoms in total. The number of hydrogen-bond donors (Lipinski definition) is 3. The topological polar surface area (TPSA) is 88.7 Å². The molecule has 5 rings (SSSR count). The lowest BCUT2D eigenvalue weighted by atomic mass is 9.76. The Labute approximate surface area is 186 Å². The average Bonchev–Trinajstić information content (AvgIpc) is 3.29. The standard InChI is InChI=1S/C22H29ClFN3O4/c1-30-20-5-2-13(10-25-20)11-26-21(29)16-9-22(7-14(16)8-22)27-19(28)12-31-15-3-4-17(23)18(24)6-15/h3-4,6,13-14,16,20,25H,2,5,7-12H2,1H3,(H,26,29)(H,27,28)/t13?,14?,16-,20?,22?/m1/s1. The number of amides is 2. The van der Waals surface area contributed by atoms with Crippen LogP contribution in [-0.4, -0.2) is 50.4 Å². The Kier molecular flexibility index (Phi) is 6.69. The highest BCUT2D eigenvalue weighted by molar-refractivity contribution is 6.30. The van der Waals surface area contributed by atoms with Gasteiger partial charge in [0.2, 0.25) is 5.91 Å². The molecule has 1 aromatic rings. The van der Waals surface area contributed by atoms with Crippen LogP contribution in [0.5, 0.6) is 5.75 Å². The second kappa shape index (κ2) is 9.30. The zero-order valence-electron chi connectivity index (χ0n) is 17.6. The molecule has 9 heteroatoms. The molecule has 1 heterocycles. The number of rotatable bonds is 8. The quantitative estimate of drug-likeness (QED) is 0.561. The molecular formula is C22H29ClFN3O4. The highest BCUT2D eigenvalue weighted by Gasteiger charge is 2.58. The molecule has 4 aliphatic rings. The van der Waals surface area contributed by atoms with E-state index in [2.05, 4.69) is 16.0 Å². The van der Waals surface area contributed by atoms with Crippen molar-refractivity contribution in [3.8, 4) is 5.75 Å². The summed E-state index contributed by atoms with van der Waals surface area (Å²) in [4.78, 5) is 25.0. The van der Waals surface area contributed by atoms with Gasteiger partial charge in [-0.2, -0.15) is 0 Å². The van der Waals surface area contributed by atoms with Gasteiger partial charge in [0.25, 0.3) is 5.91 Å². The van der Waals surface area contributed by atoms with Gasteiger partial charge in [-0.05, 0) is 56.1 Å². The van der Waals surface area contributed by atoms with Crippen LogP contribution in [0.2, 0.25) is 5.02 Å². The maximum Gasteiger partial charge on any atom is 0.258 e. The monoisotopic (exact) mass is 453 g/mol. The molecule has 1 aromatic carbocycles. The second-order valence-corrected chi connectivity index (χ2v) is 9.40. The number of hydrogen-bond acceptors (Lipinski definition) is 5. The lowest BCUT2D eigenvalue weighted by molar-refractivity contribution is -0.126. The average molecular weight is 454 g/mol. The van der Waals surface area contributed by atoms with Crippen molar-refractivity contribution in [1.82, 2.24) is 16.0 Å². The van der Waals surface area contributed by atoms with Crippen molar-refractivity contribution < 1.29 is 23.5 Å². The highest BCUT2D eigenvalue weighted by atomic mass is 35.5. The molecule has 0 aromatic heterocycles. The molecule has 3 N–H and O–H groups in total. The molecule has 3 saturated carbocycles. The first-order valence-corrected chi connectivity index (χ1v) is 11.2. The van der Waals surface area contributed by atoms with Crippen molar-refractivity contribution in [1.29, 1.82) is 0 Å². The van der Waals surface area contributed by atoms with Crippen molar-refractivity contribution in [2.75, 3.05) is 26.8 Å². The van der Waals surface area contributed by atoms with Gasteiger partial charge in [0, 0.05) is 37.7 Å². The fourth-order valence-corrected chi connectivity index (χ4v) is 5.25. The van der Waals surface area contributed by atoms with Crippen LogP contribution in [0.25, 0.3) is 0 Å². The second-order valence-electron chi connectivity index (χ2n) is 8.99. The summed E-state index contributed by atoms with van der Waals surface area (Å²) in [6, 6.07) is 4.06. The van der Waals surface area contributed by atoms with E-state index >= 15 is 0 Å². The van der Waals surface area contributed by atoms with E-state index in [4.69, 9.17) is 21.1 Å². The van der Waals surface area contributed by atoms with E-state index < -0.39 is 5.82 Å². The molecule has 2 unspecified atom stereocenters. The number of ether oxygens (including phenoxy) is 2. The lowest BCUT2D eigenvalue weighted by Crippen LogP contribution is -2.53. The number of halogens is 2. The summed E-state index contributed by atoms with van der Waals surface area (Å²) in [7, 11) is 1.70. The highest BCUT2D eigenvalue weighted by Crippen LogP contribution is 2.55. The maximum atomic E-state index is 13.5. The van der Waals surface area contributed by atoms with Gasteiger partial charge in [-0.1, -0.05) is 11.6 Å². The van der Waals surface area contributed by atoms with Crippen LogP contribution in [0.15, 0.2) is 18.2 Å². The minimum Gasteiger partial charge on any atom is -0.484 e. The Hall–Kier alpha value is -1.90. The fourth-order valence-electron chi connectivity index (χ4n) is 5.13. The van der Waals surface area contributed by atoms with Gasteiger partial charge >= 0.3 is 0 Å². The minimum absolute atomic E-state index is 0.00500. The van der Waals surface area contributed by atoms with Crippen molar-refractivity contribution in [3.05, 3.63) is 29.0 Å². The number of methoxy groups -OCH3 is 1. The zero-order chi connectivity index (χ0) is 22.0. The first-order chi connectivity index (χ1) is 14.9. The van der Waals surface area contributed by atoms with Crippen molar-refractivity contribution in [2.45, 2.75) is 43.9 Å². The predicted molar refractivity (Wildman–Crippen MR) is 113 cm³/mol. The summed E-state index contributed by atoms with van der Waals surface area (Å²) in [6.07, 6.45) is 4.36. The number of benzene rings is 1. The molecule has 0 spiro atoms. The SMILES string of the molecule is COC1CCC(CNC(=O)[C@@H]2CC3(NC(=O)COc4ccc(Cl)c(F)c4)CC2C3)CN1. The first kappa shape index (κ1) is 22.3. The van der Waals surface area contributed by atoms with Gasteiger partial charge in [-0.15, -0.1) is 0 Å². The van der Waals surface area contributed by atoms with Crippen LogP contribution < -0.4 is 20.7 Å². The van der Waals surface area contributed by atoms with Gasteiger partial charge in [0.1, 0.15) is 17.8 Å². The van der Waals surface area contributed by atoms with E-state index in [1.165, 1.54) is 12.1 Å². The van der Waals surface area contributed by atoms with Gasteiger partial charge < -0.3 is 20.1 Å². The van der Waals surface area contributed by atoms with E-state index in [-0.39, 0.29) is 46.9 Å². The van der Waals surface area contributed by atoms with Crippen molar-refractivity contribution >= 4 is 23.4 Å². The molecular weight excluding hydrogens is 425 g/mol. The number of carbonyl (C=O) groups is 2. The first-order valence-electron chi connectivity index (χ1n) is 10.8. The largest absolute Gasteiger partial charge is 0.484 e. The summed E-state index contributed by atoms with van der Waals surface area (Å²) in [6.45, 7) is 1.29. The summed E-state index contributed by atoms with van der Waals surface area (Å²) < 4.78 is 24.1. The van der Waals surface area contributed by atoms with Gasteiger partial charge in [-0.25, -0.2) is 4.39 Å². The summed E-state index contributed by atoms with van der Waals surface area (Å²) in [5, 5.41) is 9.47. The number of nitrogens with one attached hydrogen (secondary N) is 3. The summed E-state index contributed by atoms with van der Waals surface area (Å²) in [5.74, 6) is 0.140. The van der Waals surface area contributed by atoms with E-state index in [1.807, 2.05) is 0 Å². The van der Waals surface area contributed by atoms with Gasteiger partial charge in [0.05, 0.1) is 5.02 Å². The third kappa shape index (κ3) is 5.13. The Morgan fingerprint density at radius 2 is 2.10 bits per heavy atom.